The second-order valence-corrected chi connectivity index (χ2v) is 4.04. The maximum absolute atomic E-state index is 11.7. The number of carbonyl (C=O) groups excluding carboxylic acids is 1. The number of benzene rings is 1. The Bertz CT molecular complexity index is 779. The molecule has 96 valence electrons. The quantitative estimate of drug-likeness (QED) is 0.682. The molecule has 0 unspecified atom stereocenters. The number of rotatable bonds is 2. The highest BCUT2D eigenvalue weighted by Gasteiger charge is 2.18. The number of carbonyl (C=O) groups is 1. The summed E-state index contributed by atoms with van der Waals surface area (Å²) in [7, 11) is 0. The Morgan fingerprint density at radius 2 is 2.00 bits per heavy atom. The van der Waals surface area contributed by atoms with Gasteiger partial charge in [-0.1, -0.05) is 12.1 Å². The molecule has 1 aromatic carbocycles. The van der Waals surface area contributed by atoms with Crippen molar-refractivity contribution in [1.82, 2.24) is 15.0 Å². The number of aromatic amines is 1. The van der Waals surface area contributed by atoms with E-state index in [1.54, 1.807) is 6.92 Å². The Kier molecular flexibility index (Phi) is 2.56. The molecule has 3 aromatic rings. The van der Waals surface area contributed by atoms with Gasteiger partial charge in [-0.2, -0.15) is 0 Å². The molecule has 0 aliphatic carbocycles. The first kappa shape index (κ1) is 11.5. The molecule has 0 saturated heterocycles. The van der Waals surface area contributed by atoms with Gasteiger partial charge in [0.15, 0.2) is 11.3 Å². The van der Waals surface area contributed by atoms with Crippen molar-refractivity contribution in [2.45, 2.75) is 6.92 Å². The lowest BCUT2D eigenvalue weighted by atomic mass is 10.3. The molecule has 19 heavy (non-hydrogen) atoms. The number of nitrogens with two attached hydrogens (primary N) is 1. The van der Waals surface area contributed by atoms with Crippen molar-refractivity contribution in [3.05, 3.63) is 30.0 Å². The Balaban J connectivity index is 2.25. The van der Waals surface area contributed by atoms with Crippen LogP contribution in [-0.4, -0.2) is 27.5 Å². The second-order valence-electron chi connectivity index (χ2n) is 4.04. The van der Waals surface area contributed by atoms with Gasteiger partial charge in [0, 0.05) is 0 Å². The van der Waals surface area contributed by atoms with E-state index in [4.69, 9.17) is 10.5 Å². The Morgan fingerprint density at radius 3 is 2.68 bits per heavy atom. The first-order valence-electron chi connectivity index (χ1n) is 5.91. The molecule has 3 N–H and O–H groups in total. The maximum atomic E-state index is 11.7. The lowest BCUT2D eigenvalue weighted by Crippen LogP contribution is -2.07. The predicted molar refractivity (Wildman–Crippen MR) is 71.8 cm³/mol. The molecule has 0 radical (unpaired) electrons. The van der Waals surface area contributed by atoms with Crippen molar-refractivity contribution in [3.8, 4) is 0 Å². The van der Waals surface area contributed by atoms with E-state index >= 15 is 0 Å². The number of nitrogens with one attached hydrogen (secondary N) is 1. The van der Waals surface area contributed by atoms with Gasteiger partial charge in [0.05, 0.1) is 23.3 Å². The van der Waals surface area contributed by atoms with Crippen LogP contribution in [0.15, 0.2) is 24.3 Å². The van der Waals surface area contributed by atoms with Gasteiger partial charge in [0.1, 0.15) is 5.52 Å². The highest BCUT2D eigenvalue weighted by atomic mass is 16.5. The van der Waals surface area contributed by atoms with Crippen molar-refractivity contribution in [2.24, 2.45) is 0 Å². The van der Waals surface area contributed by atoms with E-state index in [0.29, 0.717) is 11.2 Å². The number of hydrogen-bond donors (Lipinski definition) is 2. The van der Waals surface area contributed by atoms with Gasteiger partial charge in [0.2, 0.25) is 0 Å². The summed E-state index contributed by atoms with van der Waals surface area (Å²) < 4.78 is 4.93. The summed E-state index contributed by atoms with van der Waals surface area (Å²) in [4.78, 5) is 23.4. The van der Waals surface area contributed by atoms with Crippen molar-refractivity contribution < 1.29 is 9.53 Å². The van der Waals surface area contributed by atoms with Crippen LogP contribution in [0.1, 0.15) is 17.4 Å². The van der Waals surface area contributed by atoms with E-state index in [1.807, 2.05) is 24.3 Å². The smallest absolute Gasteiger partial charge is 0.357 e. The Hall–Kier alpha value is -2.63. The average Bonchev–Trinajstić information content (AvgIpc) is 2.74. The average molecular weight is 256 g/mol. The number of nitrogens with zero attached hydrogens (tertiary/aromatic N) is 2. The van der Waals surface area contributed by atoms with Crippen LogP contribution in [0.5, 0.6) is 0 Å². The van der Waals surface area contributed by atoms with Crippen LogP contribution >= 0.6 is 0 Å². The number of hydrogen-bond acceptors (Lipinski definition) is 5. The molecular formula is C13H12N4O2. The van der Waals surface area contributed by atoms with Gasteiger partial charge in [-0.15, -0.1) is 0 Å². The fourth-order valence-electron chi connectivity index (χ4n) is 1.94. The zero-order valence-electron chi connectivity index (χ0n) is 10.3. The summed E-state index contributed by atoms with van der Waals surface area (Å²) in [6.07, 6.45) is 0. The second kappa shape index (κ2) is 4.24. The monoisotopic (exact) mass is 256 g/mol. The van der Waals surface area contributed by atoms with E-state index in [9.17, 15) is 4.79 Å². The summed E-state index contributed by atoms with van der Waals surface area (Å²) in [6, 6.07) is 7.44. The van der Waals surface area contributed by atoms with Crippen LogP contribution in [0, 0.1) is 0 Å². The van der Waals surface area contributed by atoms with E-state index in [1.165, 1.54) is 0 Å². The fraction of sp³-hybridized carbons (Fsp3) is 0.154. The Morgan fingerprint density at radius 1 is 1.32 bits per heavy atom. The molecule has 0 fully saturated rings. The van der Waals surface area contributed by atoms with Crippen LogP contribution in [0.4, 0.5) is 5.69 Å². The zero-order valence-corrected chi connectivity index (χ0v) is 10.3. The highest BCUT2D eigenvalue weighted by molar-refractivity contribution is 6.04. The van der Waals surface area contributed by atoms with E-state index in [0.717, 1.165) is 11.0 Å². The third kappa shape index (κ3) is 1.77. The predicted octanol–water partition coefficient (Wildman–Crippen LogP) is 1.87. The minimum atomic E-state index is -0.496. The van der Waals surface area contributed by atoms with E-state index < -0.39 is 5.97 Å². The fourth-order valence-corrected chi connectivity index (χ4v) is 1.94. The SMILES string of the molecule is CCOC(=O)c1[nH]c2nc3ccccc3nc2c1N. The van der Waals surface area contributed by atoms with Crippen LogP contribution in [0.2, 0.25) is 0 Å². The number of anilines is 1. The van der Waals surface area contributed by atoms with Crippen molar-refractivity contribution in [1.29, 1.82) is 0 Å². The molecule has 0 aliphatic rings. The molecule has 6 heteroatoms. The number of para-hydroxylation sites is 2. The molecule has 0 spiro atoms. The van der Waals surface area contributed by atoms with Gasteiger partial charge in [-0.3, -0.25) is 0 Å². The molecule has 2 heterocycles. The largest absolute Gasteiger partial charge is 0.461 e. The van der Waals surface area contributed by atoms with Crippen LogP contribution in [0.25, 0.3) is 22.2 Å². The third-order valence-corrected chi connectivity index (χ3v) is 2.82. The molecule has 6 nitrogen and oxygen atoms in total. The van der Waals surface area contributed by atoms with Crippen LogP contribution in [-0.2, 0) is 4.74 Å². The van der Waals surface area contributed by atoms with Crippen LogP contribution in [0.3, 0.4) is 0 Å². The van der Waals surface area contributed by atoms with E-state index in [2.05, 4.69) is 15.0 Å². The number of ether oxygens (including phenoxy) is 1. The van der Waals surface area contributed by atoms with Crippen LogP contribution < -0.4 is 5.73 Å². The minimum Gasteiger partial charge on any atom is -0.461 e. The number of nitrogen functional groups attached to an aromatic ring is 1. The van der Waals surface area contributed by atoms with Gasteiger partial charge in [-0.05, 0) is 19.1 Å². The molecule has 3 rings (SSSR count). The molecule has 0 saturated carbocycles. The maximum Gasteiger partial charge on any atom is 0.357 e. The zero-order chi connectivity index (χ0) is 13.4. The van der Waals surface area contributed by atoms with Crippen molar-refractivity contribution in [3.63, 3.8) is 0 Å². The number of esters is 1. The van der Waals surface area contributed by atoms with Gasteiger partial charge >= 0.3 is 5.97 Å². The summed E-state index contributed by atoms with van der Waals surface area (Å²) >= 11 is 0. The standard InChI is InChI=1S/C13H12N4O2/c1-2-19-13(18)11-9(14)10-12(17-11)16-8-6-4-3-5-7(8)15-10/h3-6H,2,14H2,1H3,(H,16,17). The number of fused-ring (bicyclic) bond motifs is 2. The Labute approximate surface area is 108 Å². The molecule has 0 amide bonds. The minimum absolute atomic E-state index is 0.201. The normalized spacial score (nSPS) is 11.0. The van der Waals surface area contributed by atoms with Crippen molar-refractivity contribution in [2.75, 3.05) is 12.3 Å². The van der Waals surface area contributed by atoms with Gasteiger partial charge in [-0.25, -0.2) is 14.8 Å². The molecular weight excluding hydrogens is 244 g/mol. The summed E-state index contributed by atoms with van der Waals surface area (Å²) in [5, 5.41) is 0. The van der Waals surface area contributed by atoms with Gasteiger partial charge in [0.25, 0.3) is 0 Å². The molecule has 2 aromatic heterocycles. The van der Waals surface area contributed by atoms with Crippen molar-refractivity contribution >= 4 is 33.9 Å². The highest BCUT2D eigenvalue weighted by Crippen LogP contribution is 2.24. The number of H-pyrrole nitrogens is 1. The summed E-state index contributed by atoms with van der Waals surface area (Å²) in [5.41, 5.74) is 8.85. The molecule has 0 bridgehead atoms. The lowest BCUT2D eigenvalue weighted by molar-refractivity contribution is 0.0522. The molecule has 0 atom stereocenters. The third-order valence-electron chi connectivity index (χ3n) is 2.82. The topological polar surface area (TPSA) is 93.9 Å². The summed E-state index contributed by atoms with van der Waals surface area (Å²) in [5.74, 6) is -0.496. The first-order chi connectivity index (χ1) is 9.20. The van der Waals surface area contributed by atoms with E-state index in [-0.39, 0.29) is 18.0 Å². The first-order valence-corrected chi connectivity index (χ1v) is 5.91. The molecule has 0 aliphatic heterocycles. The number of aromatic nitrogens is 3. The van der Waals surface area contributed by atoms with Gasteiger partial charge < -0.3 is 15.5 Å². The lowest BCUT2D eigenvalue weighted by Gasteiger charge is -1.99. The summed E-state index contributed by atoms with van der Waals surface area (Å²) in [6.45, 7) is 2.03.